The lowest BCUT2D eigenvalue weighted by Gasteiger charge is -2.58. The van der Waals surface area contributed by atoms with Crippen molar-refractivity contribution >= 4 is 11.9 Å². The third kappa shape index (κ3) is 3.12. The summed E-state index contributed by atoms with van der Waals surface area (Å²) in [5.41, 5.74) is 7.34. The smallest absolute Gasteiger partial charge is 0.333 e. The fraction of sp³-hybridized carbons (Fsp3) is 0.333. The first-order valence-electron chi connectivity index (χ1n) is 12.1. The van der Waals surface area contributed by atoms with Gasteiger partial charge in [0.2, 0.25) is 0 Å². The molecule has 4 nitrogen and oxygen atoms in total. The van der Waals surface area contributed by atoms with Crippen LogP contribution in [0.4, 0.5) is 0 Å². The van der Waals surface area contributed by atoms with Crippen LogP contribution in [-0.2, 0) is 25.2 Å². The predicted molar refractivity (Wildman–Crippen MR) is 132 cm³/mol. The molecule has 4 aliphatic rings. The second kappa shape index (κ2) is 8.43. The number of aliphatic carboxylic acids is 1. The van der Waals surface area contributed by atoms with Crippen LogP contribution in [0.5, 0.6) is 0 Å². The number of rotatable bonds is 8. The van der Waals surface area contributed by atoms with Crippen LogP contribution in [0.3, 0.4) is 0 Å². The molecule has 2 aromatic carbocycles. The predicted octanol–water partition coefficient (Wildman–Crippen LogP) is 6.00. The van der Waals surface area contributed by atoms with Crippen molar-refractivity contribution in [3.05, 3.63) is 106 Å². The van der Waals surface area contributed by atoms with Crippen LogP contribution in [0.25, 0.3) is 0 Å². The van der Waals surface area contributed by atoms with E-state index in [0.29, 0.717) is 25.0 Å². The summed E-state index contributed by atoms with van der Waals surface area (Å²) in [6.45, 7) is 5.68. The minimum Gasteiger partial charge on any atom is -0.481 e. The highest BCUT2D eigenvalue weighted by molar-refractivity contribution is 5.86. The van der Waals surface area contributed by atoms with Gasteiger partial charge in [0.1, 0.15) is 0 Å². The van der Waals surface area contributed by atoms with Gasteiger partial charge in [-0.15, -0.1) is 0 Å². The van der Waals surface area contributed by atoms with Gasteiger partial charge in [0, 0.05) is 22.8 Å². The molecule has 0 spiro atoms. The number of carboxylic acid groups (broad SMARTS) is 1. The van der Waals surface area contributed by atoms with E-state index in [9.17, 15) is 14.7 Å². The highest BCUT2D eigenvalue weighted by Crippen LogP contribution is 2.66. The van der Waals surface area contributed by atoms with Gasteiger partial charge in [0.05, 0.1) is 6.61 Å². The lowest BCUT2D eigenvalue weighted by Crippen LogP contribution is -2.51. The number of carbonyl (C=O) groups excluding carboxylic acids is 1. The Morgan fingerprint density at radius 2 is 1.56 bits per heavy atom. The third-order valence-corrected chi connectivity index (χ3v) is 7.83. The van der Waals surface area contributed by atoms with E-state index in [1.165, 1.54) is 33.4 Å². The molecule has 1 N–H and O–H groups in total. The van der Waals surface area contributed by atoms with Crippen LogP contribution in [0.15, 0.2) is 84.0 Å². The molecule has 174 valence electrons. The third-order valence-electron chi connectivity index (χ3n) is 7.83. The summed E-state index contributed by atoms with van der Waals surface area (Å²) in [4.78, 5) is 23.7. The van der Waals surface area contributed by atoms with Gasteiger partial charge in [-0.1, -0.05) is 72.8 Å². The average molecular weight is 455 g/mol. The highest BCUT2D eigenvalue weighted by atomic mass is 16.5. The topological polar surface area (TPSA) is 63.6 Å². The second-order valence-corrected chi connectivity index (χ2v) is 9.65. The standard InChI is InChI=1S/C30H30O4/c1-20(2)28(33)34-19-9-17-29-21-10-3-6-13-24(21)30(18-16-27(31)32,25-14-7-4-11-22(25)29)26-15-8-5-12-23(26)29/h3-7,10-14H,1,8-9,15-19H2,2H3,(H,31,32). The van der Waals surface area contributed by atoms with E-state index in [1.807, 2.05) is 0 Å². The minimum absolute atomic E-state index is 0.118. The Labute approximate surface area is 200 Å². The summed E-state index contributed by atoms with van der Waals surface area (Å²) in [6, 6.07) is 17.2. The van der Waals surface area contributed by atoms with Gasteiger partial charge < -0.3 is 9.84 Å². The normalized spacial score (nSPS) is 23.7. The zero-order valence-corrected chi connectivity index (χ0v) is 19.6. The van der Waals surface area contributed by atoms with E-state index < -0.39 is 11.4 Å². The molecule has 0 saturated carbocycles. The maximum Gasteiger partial charge on any atom is 0.333 e. The number of ether oxygens (including phenoxy) is 1. The first-order chi connectivity index (χ1) is 16.4. The molecule has 0 amide bonds. The summed E-state index contributed by atoms with van der Waals surface area (Å²) in [5.74, 6) is -1.12. The monoisotopic (exact) mass is 454 g/mol. The van der Waals surface area contributed by atoms with E-state index >= 15 is 0 Å². The molecule has 4 heteroatoms. The number of esters is 1. The molecular weight excluding hydrogens is 424 g/mol. The maximum atomic E-state index is 12.0. The second-order valence-electron chi connectivity index (χ2n) is 9.65. The number of carbonyl (C=O) groups is 2. The van der Waals surface area contributed by atoms with E-state index in [2.05, 4.69) is 67.3 Å². The molecule has 4 aliphatic carbocycles. The summed E-state index contributed by atoms with van der Waals surface area (Å²) >= 11 is 0. The Morgan fingerprint density at radius 3 is 2.12 bits per heavy atom. The number of allylic oxidation sites excluding steroid dienone is 4. The van der Waals surface area contributed by atoms with Gasteiger partial charge >= 0.3 is 11.9 Å². The Bertz CT molecular complexity index is 1200. The van der Waals surface area contributed by atoms with Crippen molar-refractivity contribution in [1.29, 1.82) is 0 Å². The van der Waals surface area contributed by atoms with Crippen molar-refractivity contribution in [2.24, 2.45) is 0 Å². The van der Waals surface area contributed by atoms with Crippen LogP contribution in [-0.4, -0.2) is 23.7 Å². The van der Waals surface area contributed by atoms with Crippen molar-refractivity contribution in [1.82, 2.24) is 0 Å². The maximum absolute atomic E-state index is 12.0. The molecule has 0 radical (unpaired) electrons. The van der Waals surface area contributed by atoms with Gasteiger partial charge in [0.25, 0.3) is 0 Å². The molecule has 0 fully saturated rings. The van der Waals surface area contributed by atoms with Crippen LogP contribution < -0.4 is 0 Å². The summed E-state index contributed by atoms with van der Waals surface area (Å²) in [6.07, 6.45) is 8.61. The van der Waals surface area contributed by atoms with Crippen molar-refractivity contribution in [3.8, 4) is 0 Å². The van der Waals surface area contributed by atoms with E-state index in [1.54, 1.807) is 6.92 Å². The first-order valence-corrected chi connectivity index (χ1v) is 12.1. The molecule has 0 aliphatic heterocycles. The molecular formula is C30H30O4. The van der Waals surface area contributed by atoms with Gasteiger partial charge in [0.15, 0.2) is 0 Å². The summed E-state index contributed by atoms with van der Waals surface area (Å²) in [7, 11) is 0. The molecule has 2 bridgehead atoms. The van der Waals surface area contributed by atoms with Crippen molar-refractivity contribution in [2.45, 2.75) is 56.3 Å². The van der Waals surface area contributed by atoms with E-state index in [4.69, 9.17) is 4.74 Å². The number of carboxylic acids is 1. The Kier molecular flexibility index (Phi) is 5.55. The number of benzene rings is 2. The first kappa shape index (κ1) is 22.4. The molecule has 0 atom stereocenters. The van der Waals surface area contributed by atoms with Crippen molar-refractivity contribution in [2.75, 3.05) is 6.61 Å². The van der Waals surface area contributed by atoms with E-state index in [-0.39, 0.29) is 17.8 Å². The van der Waals surface area contributed by atoms with Crippen LogP contribution >= 0.6 is 0 Å². The van der Waals surface area contributed by atoms with Crippen molar-refractivity contribution in [3.63, 3.8) is 0 Å². The Balaban J connectivity index is 1.69. The lowest BCUT2D eigenvalue weighted by atomic mass is 9.44. The van der Waals surface area contributed by atoms with Crippen molar-refractivity contribution < 1.29 is 19.4 Å². The quantitative estimate of drug-likeness (QED) is 0.302. The fourth-order valence-electron chi connectivity index (χ4n) is 6.61. The van der Waals surface area contributed by atoms with Gasteiger partial charge in [-0.3, -0.25) is 4.79 Å². The average Bonchev–Trinajstić information content (AvgIpc) is 2.86. The lowest BCUT2D eigenvalue weighted by molar-refractivity contribution is -0.139. The molecule has 34 heavy (non-hydrogen) atoms. The molecule has 0 aromatic heterocycles. The molecule has 2 aromatic rings. The van der Waals surface area contributed by atoms with Gasteiger partial charge in [-0.2, -0.15) is 0 Å². The summed E-state index contributed by atoms with van der Waals surface area (Å²) in [5, 5.41) is 9.66. The number of hydrogen-bond acceptors (Lipinski definition) is 3. The molecule has 0 saturated heterocycles. The zero-order valence-electron chi connectivity index (χ0n) is 19.6. The van der Waals surface area contributed by atoms with Crippen LogP contribution in [0.1, 0.15) is 67.7 Å². The Hall–Kier alpha value is -3.40. The molecule has 6 rings (SSSR count). The molecule has 0 unspecified atom stereocenters. The highest BCUT2D eigenvalue weighted by Gasteiger charge is 2.58. The van der Waals surface area contributed by atoms with Crippen LogP contribution in [0.2, 0.25) is 0 Å². The minimum atomic E-state index is -0.764. The number of hydrogen-bond donors (Lipinski definition) is 1. The SMILES string of the molecule is C=C(C)C(=O)OCCCC12C3=C(CCC=C3)C(CCC(=O)O)(c3ccccc31)c1ccccc12. The fourth-order valence-corrected chi connectivity index (χ4v) is 6.61. The molecule has 0 heterocycles. The van der Waals surface area contributed by atoms with Gasteiger partial charge in [-0.05, 0) is 66.9 Å². The Morgan fingerprint density at radius 1 is 0.971 bits per heavy atom. The van der Waals surface area contributed by atoms with Crippen LogP contribution in [0, 0.1) is 0 Å². The van der Waals surface area contributed by atoms with Gasteiger partial charge in [-0.25, -0.2) is 4.79 Å². The largest absolute Gasteiger partial charge is 0.481 e. The summed E-state index contributed by atoms with van der Waals surface area (Å²) < 4.78 is 5.46. The zero-order chi connectivity index (χ0) is 23.9. The van der Waals surface area contributed by atoms with E-state index in [0.717, 1.165) is 19.3 Å².